The predicted octanol–water partition coefficient (Wildman–Crippen LogP) is 1.82. The van der Waals surface area contributed by atoms with Gasteiger partial charge in [-0.05, 0) is 0 Å². The van der Waals surface area contributed by atoms with Crippen LogP contribution in [0.2, 0.25) is 0 Å². The third-order valence-electron chi connectivity index (χ3n) is 1.98. The van der Waals surface area contributed by atoms with Gasteiger partial charge in [-0.25, -0.2) is 0 Å². The summed E-state index contributed by atoms with van der Waals surface area (Å²) < 4.78 is 36.0. The van der Waals surface area contributed by atoms with E-state index in [2.05, 4.69) is 0 Å². The largest absolute Gasteiger partial charge is 0.454 e. The Morgan fingerprint density at radius 2 is 1.86 bits per heavy atom. The van der Waals surface area contributed by atoms with Crippen LogP contribution in [-0.4, -0.2) is 12.0 Å². The average Bonchev–Trinajstić information content (AvgIpc) is 2.75. The fourth-order valence-corrected chi connectivity index (χ4v) is 1.28. The molecule has 0 N–H and O–H groups in total. The molecule has 2 nitrogen and oxygen atoms in total. The second kappa shape index (κ2) is 2.43. The third kappa shape index (κ3) is 1.13. The fraction of sp³-hybridized carbons (Fsp3) is 0.111. The third-order valence-corrected chi connectivity index (χ3v) is 1.98. The van der Waals surface area contributed by atoms with Gasteiger partial charge < -0.3 is 0 Å². The van der Waals surface area contributed by atoms with Gasteiger partial charge in [0.05, 0.1) is 0 Å². The number of fused-ring (bicyclic) bond motifs is 1. The Labute approximate surface area is 75.6 Å². The summed E-state index contributed by atoms with van der Waals surface area (Å²) in [5.74, 6) is -1.96. The van der Waals surface area contributed by atoms with Gasteiger partial charge in [-0.3, -0.25) is 9.59 Å². The van der Waals surface area contributed by atoms with E-state index < -0.39 is 23.0 Å². The summed E-state index contributed by atoms with van der Waals surface area (Å²) in [6.07, 6.45) is -4.92. The molecule has 0 saturated heterocycles. The molecule has 5 heteroatoms. The Morgan fingerprint density at radius 3 is 2.43 bits per heavy atom. The number of halogens is 3. The lowest BCUT2D eigenvalue weighted by molar-refractivity contribution is -0.0884. The van der Waals surface area contributed by atoms with E-state index in [9.17, 15) is 22.8 Å². The monoisotopic (exact) mass is 200 g/mol. The topological polar surface area (TPSA) is 34.1 Å². The van der Waals surface area contributed by atoms with Crippen molar-refractivity contribution in [2.24, 2.45) is 0 Å². The van der Waals surface area contributed by atoms with Crippen molar-refractivity contribution in [3.63, 3.8) is 0 Å². The first kappa shape index (κ1) is 8.93. The van der Waals surface area contributed by atoms with E-state index in [0.717, 1.165) is 6.07 Å². The minimum Gasteiger partial charge on any atom is -0.289 e. The highest BCUT2D eigenvalue weighted by atomic mass is 19.4. The first-order valence-electron chi connectivity index (χ1n) is 3.72. The van der Waals surface area contributed by atoms with Gasteiger partial charge in [0.25, 0.3) is 5.78 Å². The second-order valence-corrected chi connectivity index (χ2v) is 2.88. The summed E-state index contributed by atoms with van der Waals surface area (Å²) in [5, 5.41) is 0.120. The van der Waals surface area contributed by atoms with Gasteiger partial charge in [0, 0.05) is 16.3 Å². The smallest absolute Gasteiger partial charge is 0.289 e. The van der Waals surface area contributed by atoms with Crippen molar-refractivity contribution in [1.29, 1.82) is 0 Å². The van der Waals surface area contributed by atoms with E-state index in [0.29, 0.717) is 0 Å². The van der Waals surface area contributed by atoms with Crippen LogP contribution in [-0.2, 0) is 0 Å². The van der Waals surface area contributed by atoms with E-state index in [4.69, 9.17) is 0 Å². The lowest BCUT2D eigenvalue weighted by atomic mass is 10.1. The minimum absolute atomic E-state index is 0.0881. The molecule has 0 aliphatic rings. The lowest BCUT2D eigenvalue weighted by Crippen LogP contribution is -2.22. The molecule has 0 spiro atoms. The van der Waals surface area contributed by atoms with Gasteiger partial charge in [-0.2, -0.15) is 13.2 Å². The quantitative estimate of drug-likeness (QED) is 0.658. The molecular formula is C9H3F3O2. The standard InChI is InChI=1S/C9H3F3O2/c10-9(11,12)8(14)5-3-1-2-4-6(5)7(4)13/h1-3H. The van der Waals surface area contributed by atoms with Gasteiger partial charge in [-0.15, -0.1) is 0 Å². The van der Waals surface area contributed by atoms with Crippen molar-refractivity contribution in [1.82, 2.24) is 0 Å². The molecule has 2 aromatic rings. The van der Waals surface area contributed by atoms with Crippen LogP contribution in [0.15, 0.2) is 23.0 Å². The maximum absolute atomic E-state index is 12.0. The van der Waals surface area contributed by atoms with Crippen LogP contribution >= 0.6 is 0 Å². The maximum Gasteiger partial charge on any atom is 0.454 e. The molecule has 0 unspecified atom stereocenters. The number of benzene rings is 1. The highest BCUT2D eigenvalue weighted by Crippen LogP contribution is 2.27. The summed E-state index contributed by atoms with van der Waals surface area (Å²) in [5.41, 5.74) is -1.01. The molecular weight excluding hydrogens is 197 g/mol. The number of carbonyl (C=O) groups excluding carboxylic acids is 1. The Kier molecular flexibility index (Phi) is 1.55. The van der Waals surface area contributed by atoms with Crippen LogP contribution < -0.4 is 5.43 Å². The van der Waals surface area contributed by atoms with Crippen LogP contribution in [0.1, 0.15) is 10.4 Å². The van der Waals surface area contributed by atoms with Crippen molar-refractivity contribution in [3.05, 3.63) is 34.0 Å². The first-order valence-corrected chi connectivity index (χ1v) is 3.72. The van der Waals surface area contributed by atoms with Gasteiger partial charge in [0.15, 0.2) is 5.43 Å². The second-order valence-electron chi connectivity index (χ2n) is 2.88. The summed E-state index contributed by atoms with van der Waals surface area (Å²) in [7, 11) is 0. The molecule has 0 aliphatic heterocycles. The lowest BCUT2D eigenvalue weighted by Gasteiger charge is -2.02. The summed E-state index contributed by atoms with van der Waals surface area (Å²) in [4.78, 5) is 21.7. The molecule has 0 bridgehead atoms. The molecule has 2 aromatic carbocycles. The first-order chi connectivity index (χ1) is 6.43. The number of alkyl halides is 3. The summed E-state index contributed by atoms with van der Waals surface area (Å²) in [6, 6.07) is 3.67. The van der Waals surface area contributed by atoms with Crippen LogP contribution in [0.4, 0.5) is 13.2 Å². The SMILES string of the molecule is O=C(c1cccc2c(=O)c12)C(F)(F)F. The molecule has 0 saturated carbocycles. The molecule has 0 aromatic heterocycles. The maximum atomic E-state index is 12.0. The van der Waals surface area contributed by atoms with Crippen molar-refractivity contribution >= 4 is 16.6 Å². The highest BCUT2D eigenvalue weighted by Gasteiger charge is 2.41. The molecule has 0 radical (unpaired) electrons. The Morgan fingerprint density at radius 1 is 1.21 bits per heavy atom. The summed E-state index contributed by atoms with van der Waals surface area (Å²) in [6.45, 7) is 0. The van der Waals surface area contributed by atoms with E-state index in [-0.39, 0.29) is 10.8 Å². The highest BCUT2D eigenvalue weighted by molar-refractivity contribution is 6.16. The fourth-order valence-electron chi connectivity index (χ4n) is 1.28. The zero-order valence-corrected chi connectivity index (χ0v) is 6.68. The molecule has 2 rings (SSSR count). The van der Waals surface area contributed by atoms with Gasteiger partial charge in [0.1, 0.15) is 0 Å². The molecule has 0 fully saturated rings. The predicted molar refractivity (Wildman–Crippen MR) is 43.0 cm³/mol. The van der Waals surface area contributed by atoms with E-state index in [1.807, 2.05) is 0 Å². The minimum atomic E-state index is -4.92. The van der Waals surface area contributed by atoms with Crippen molar-refractivity contribution in [2.75, 3.05) is 0 Å². The van der Waals surface area contributed by atoms with E-state index in [1.165, 1.54) is 12.1 Å². The Balaban J connectivity index is 2.56. The zero-order chi connectivity index (χ0) is 10.5. The molecule has 0 aliphatic carbocycles. The van der Waals surface area contributed by atoms with Crippen molar-refractivity contribution < 1.29 is 18.0 Å². The number of ketones is 1. The van der Waals surface area contributed by atoms with Gasteiger partial charge >= 0.3 is 6.18 Å². The van der Waals surface area contributed by atoms with Crippen LogP contribution in [0, 0.1) is 0 Å². The molecule has 0 atom stereocenters. The number of rotatable bonds is 1. The van der Waals surface area contributed by atoms with Crippen molar-refractivity contribution in [2.45, 2.75) is 6.18 Å². The van der Waals surface area contributed by atoms with Gasteiger partial charge in [-0.1, -0.05) is 18.2 Å². The number of carbonyl (C=O) groups is 1. The molecule has 0 amide bonds. The number of hydrogen-bond acceptors (Lipinski definition) is 2. The molecule has 14 heavy (non-hydrogen) atoms. The normalized spacial score (nSPS) is 12.5. The summed E-state index contributed by atoms with van der Waals surface area (Å²) >= 11 is 0. The van der Waals surface area contributed by atoms with Crippen LogP contribution in [0.3, 0.4) is 0 Å². The van der Waals surface area contributed by atoms with Crippen LogP contribution in [0.25, 0.3) is 10.8 Å². The zero-order valence-electron chi connectivity index (χ0n) is 6.68. The van der Waals surface area contributed by atoms with E-state index >= 15 is 0 Å². The van der Waals surface area contributed by atoms with Crippen LogP contribution in [0.5, 0.6) is 0 Å². The van der Waals surface area contributed by atoms with E-state index in [1.54, 1.807) is 0 Å². The Hall–Kier alpha value is -1.65. The Bertz CT molecular complexity index is 529. The molecule has 0 heterocycles. The van der Waals surface area contributed by atoms with Crippen molar-refractivity contribution in [3.8, 4) is 0 Å². The van der Waals surface area contributed by atoms with Gasteiger partial charge in [0.2, 0.25) is 0 Å². The molecule has 72 valence electrons. The average molecular weight is 200 g/mol. The number of Topliss-reactive ketones (excluding diaryl/α,β-unsaturated/α-hetero) is 1. The number of hydrogen-bond donors (Lipinski definition) is 0.